The summed E-state index contributed by atoms with van der Waals surface area (Å²) < 4.78 is 0. The molecule has 1 N–H and O–H groups in total. The van der Waals surface area contributed by atoms with Crippen LogP contribution in [-0.2, 0) is 0 Å². The van der Waals surface area contributed by atoms with Crippen LogP contribution in [0, 0.1) is 13.8 Å². The normalized spacial score (nSPS) is 17.5. The highest BCUT2D eigenvalue weighted by Crippen LogP contribution is 2.34. The number of benzene rings is 1. The molecule has 0 saturated carbocycles. The lowest BCUT2D eigenvalue weighted by Crippen LogP contribution is -2.30. The number of carbonyl (C=O) groups is 2. The van der Waals surface area contributed by atoms with Gasteiger partial charge in [-0.05, 0) is 50.5 Å². The number of hydrogen-bond donors (Lipinski definition) is 1. The molecule has 0 aliphatic carbocycles. The molecule has 23 heavy (non-hydrogen) atoms. The van der Waals surface area contributed by atoms with Crippen molar-refractivity contribution in [2.24, 2.45) is 0 Å². The minimum absolute atomic E-state index is 0.00464. The van der Waals surface area contributed by atoms with Gasteiger partial charge in [0, 0.05) is 23.2 Å². The zero-order valence-electron chi connectivity index (χ0n) is 13.1. The Morgan fingerprint density at radius 1 is 1.26 bits per heavy atom. The summed E-state index contributed by atoms with van der Waals surface area (Å²) in [5, 5.41) is 12.1. The Hall–Kier alpha value is -2.21. The molecule has 120 valence electrons. The van der Waals surface area contributed by atoms with Crippen LogP contribution in [0.4, 0.5) is 0 Å². The molecule has 1 aromatic heterocycles. The zero-order chi connectivity index (χ0) is 16.6. The Balaban J connectivity index is 1.91. The van der Waals surface area contributed by atoms with Gasteiger partial charge in [0.05, 0.1) is 11.6 Å². The van der Waals surface area contributed by atoms with E-state index in [0.717, 1.165) is 29.1 Å². The summed E-state index contributed by atoms with van der Waals surface area (Å²) in [6.45, 7) is 4.42. The minimum Gasteiger partial charge on any atom is -0.478 e. The molecule has 1 aliphatic rings. The van der Waals surface area contributed by atoms with Gasteiger partial charge in [-0.1, -0.05) is 0 Å². The number of nitrogens with zero attached hydrogens (tertiary/aromatic N) is 2. The van der Waals surface area contributed by atoms with E-state index in [2.05, 4.69) is 4.98 Å². The first-order valence-corrected chi connectivity index (χ1v) is 8.41. The van der Waals surface area contributed by atoms with E-state index in [1.165, 1.54) is 6.07 Å². The molecule has 0 spiro atoms. The fraction of sp³-hybridized carbons (Fsp3) is 0.353. The molecular weight excluding hydrogens is 312 g/mol. The Kier molecular flexibility index (Phi) is 4.17. The number of thiazole rings is 1. The van der Waals surface area contributed by atoms with Gasteiger partial charge in [0.25, 0.3) is 5.91 Å². The minimum atomic E-state index is -1.02. The Labute approximate surface area is 138 Å². The first kappa shape index (κ1) is 15.7. The summed E-state index contributed by atoms with van der Waals surface area (Å²) in [6.07, 6.45) is 1.84. The third-order valence-electron chi connectivity index (χ3n) is 4.01. The predicted octanol–water partition coefficient (Wildman–Crippen LogP) is 3.44. The molecule has 1 aromatic carbocycles. The van der Waals surface area contributed by atoms with Crippen LogP contribution in [-0.4, -0.2) is 33.4 Å². The molecule has 0 radical (unpaired) electrons. The van der Waals surface area contributed by atoms with Crippen LogP contribution < -0.4 is 0 Å². The molecule has 1 saturated heterocycles. The smallest absolute Gasteiger partial charge is 0.335 e. The summed E-state index contributed by atoms with van der Waals surface area (Å²) in [7, 11) is 0. The molecule has 1 aliphatic heterocycles. The summed E-state index contributed by atoms with van der Waals surface area (Å²) in [4.78, 5) is 30.4. The van der Waals surface area contributed by atoms with E-state index < -0.39 is 5.97 Å². The van der Waals surface area contributed by atoms with Gasteiger partial charge in [0.1, 0.15) is 5.01 Å². The van der Waals surface area contributed by atoms with Crippen LogP contribution in [0.5, 0.6) is 0 Å². The van der Waals surface area contributed by atoms with Crippen LogP contribution in [0.15, 0.2) is 23.6 Å². The van der Waals surface area contributed by atoms with Gasteiger partial charge in [0.15, 0.2) is 0 Å². The molecule has 2 heterocycles. The number of aromatic nitrogens is 1. The van der Waals surface area contributed by atoms with Crippen LogP contribution in [0.25, 0.3) is 0 Å². The van der Waals surface area contributed by atoms with Crippen molar-refractivity contribution in [3.05, 3.63) is 51.0 Å². The van der Waals surface area contributed by atoms with Gasteiger partial charge >= 0.3 is 5.97 Å². The van der Waals surface area contributed by atoms with Gasteiger partial charge in [-0.15, -0.1) is 11.3 Å². The number of carboxylic acids is 1. The monoisotopic (exact) mass is 330 g/mol. The van der Waals surface area contributed by atoms with E-state index in [0.29, 0.717) is 12.1 Å². The number of aromatic carboxylic acids is 1. The van der Waals surface area contributed by atoms with E-state index >= 15 is 0 Å². The number of carbonyl (C=O) groups excluding carboxylic acids is 1. The quantitative estimate of drug-likeness (QED) is 0.936. The summed E-state index contributed by atoms with van der Waals surface area (Å²) in [6, 6.07) is 4.78. The molecule has 5 nitrogen and oxygen atoms in total. The highest BCUT2D eigenvalue weighted by atomic mass is 32.1. The maximum Gasteiger partial charge on any atom is 0.335 e. The maximum atomic E-state index is 12.9. The molecular formula is C17H18N2O3S. The van der Waals surface area contributed by atoms with Crippen molar-refractivity contribution in [2.45, 2.75) is 32.7 Å². The van der Waals surface area contributed by atoms with Crippen LogP contribution >= 0.6 is 11.3 Å². The molecule has 1 amide bonds. The third-order valence-corrected chi connectivity index (χ3v) is 5.07. The Morgan fingerprint density at radius 2 is 2.00 bits per heavy atom. The topological polar surface area (TPSA) is 70.5 Å². The molecule has 3 rings (SSSR count). The number of amides is 1. The molecule has 1 atom stereocenters. The van der Waals surface area contributed by atoms with Crippen LogP contribution in [0.3, 0.4) is 0 Å². The van der Waals surface area contributed by atoms with E-state index in [1.54, 1.807) is 30.4 Å². The lowest BCUT2D eigenvalue weighted by molar-refractivity contribution is 0.0696. The fourth-order valence-corrected chi connectivity index (χ4v) is 3.93. The van der Waals surface area contributed by atoms with Crippen LogP contribution in [0.2, 0.25) is 0 Å². The molecule has 0 bridgehead atoms. The highest BCUT2D eigenvalue weighted by Gasteiger charge is 2.32. The number of likely N-dealkylation sites (tertiary alicyclic amines) is 1. The van der Waals surface area contributed by atoms with Crippen molar-refractivity contribution in [3.63, 3.8) is 0 Å². The zero-order valence-corrected chi connectivity index (χ0v) is 13.9. The number of aryl methyl sites for hydroxylation is 2. The second-order valence-electron chi connectivity index (χ2n) is 5.88. The lowest BCUT2D eigenvalue weighted by Gasteiger charge is -2.23. The summed E-state index contributed by atoms with van der Waals surface area (Å²) in [5.74, 6) is -1.14. The van der Waals surface area contributed by atoms with Crippen molar-refractivity contribution in [1.29, 1.82) is 0 Å². The standard InChI is InChI=1S/C17H18N2O3S/c1-10-6-12(8-13(7-10)17(21)22)16(20)19-5-3-4-14(19)15-18-11(2)9-23-15/h6-9,14H,3-5H2,1-2H3,(H,21,22). The van der Waals surface area contributed by atoms with Crippen molar-refractivity contribution in [2.75, 3.05) is 6.54 Å². The SMILES string of the molecule is Cc1cc(C(=O)O)cc(C(=O)N2CCCC2c2nc(C)cs2)c1. The van der Waals surface area contributed by atoms with Gasteiger partial charge in [-0.2, -0.15) is 0 Å². The van der Waals surface area contributed by atoms with Crippen molar-refractivity contribution in [3.8, 4) is 0 Å². The summed E-state index contributed by atoms with van der Waals surface area (Å²) >= 11 is 1.58. The Morgan fingerprint density at radius 3 is 2.65 bits per heavy atom. The van der Waals surface area contributed by atoms with Gasteiger partial charge < -0.3 is 10.0 Å². The molecule has 1 fully saturated rings. The van der Waals surface area contributed by atoms with Crippen LogP contribution in [0.1, 0.15) is 55.9 Å². The Bertz CT molecular complexity index is 769. The number of carboxylic acid groups (broad SMARTS) is 1. The summed E-state index contributed by atoms with van der Waals surface area (Å²) in [5.41, 5.74) is 2.32. The fourth-order valence-electron chi connectivity index (χ4n) is 2.99. The van der Waals surface area contributed by atoms with Gasteiger partial charge in [-0.25, -0.2) is 9.78 Å². The average molecular weight is 330 g/mol. The largest absolute Gasteiger partial charge is 0.478 e. The maximum absolute atomic E-state index is 12.9. The van der Waals surface area contributed by atoms with Crippen molar-refractivity contribution >= 4 is 23.2 Å². The predicted molar refractivity (Wildman–Crippen MR) is 88.0 cm³/mol. The van der Waals surface area contributed by atoms with E-state index in [1.807, 2.05) is 17.2 Å². The first-order chi connectivity index (χ1) is 11.0. The average Bonchev–Trinajstić information content (AvgIpc) is 3.14. The van der Waals surface area contributed by atoms with E-state index in [4.69, 9.17) is 0 Å². The second-order valence-corrected chi connectivity index (χ2v) is 6.77. The van der Waals surface area contributed by atoms with E-state index in [-0.39, 0.29) is 17.5 Å². The third kappa shape index (κ3) is 3.12. The van der Waals surface area contributed by atoms with Crippen molar-refractivity contribution in [1.82, 2.24) is 9.88 Å². The van der Waals surface area contributed by atoms with Crippen molar-refractivity contribution < 1.29 is 14.7 Å². The highest BCUT2D eigenvalue weighted by molar-refractivity contribution is 7.09. The number of rotatable bonds is 3. The molecule has 1 unspecified atom stereocenters. The first-order valence-electron chi connectivity index (χ1n) is 7.53. The molecule has 6 heteroatoms. The van der Waals surface area contributed by atoms with Gasteiger partial charge in [0.2, 0.25) is 0 Å². The van der Waals surface area contributed by atoms with Gasteiger partial charge in [-0.3, -0.25) is 4.79 Å². The second kappa shape index (κ2) is 6.12. The molecule has 2 aromatic rings. The lowest BCUT2D eigenvalue weighted by atomic mass is 10.1. The van der Waals surface area contributed by atoms with E-state index in [9.17, 15) is 14.7 Å². The number of hydrogen-bond acceptors (Lipinski definition) is 4.